The van der Waals surface area contributed by atoms with E-state index in [4.69, 9.17) is 10.1 Å². The fourth-order valence-electron chi connectivity index (χ4n) is 2.53. The van der Waals surface area contributed by atoms with Crippen LogP contribution in [0.15, 0.2) is 28.8 Å². The summed E-state index contributed by atoms with van der Waals surface area (Å²) in [6, 6.07) is 0. The Balaban J connectivity index is 2.23. The molecule has 4 heteroatoms. The van der Waals surface area contributed by atoms with Gasteiger partial charge in [-0.25, -0.2) is 0 Å². The van der Waals surface area contributed by atoms with Gasteiger partial charge in [0.15, 0.2) is 5.90 Å². The van der Waals surface area contributed by atoms with Gasteiger partial charge in [0, 0.05) is 19.1 Å². The molecule has 0 aromatic carbocycles. The van der Waals surface area contributed by atoms with E-state index >= 15 is 0 Å². The molecule has 0 aromatic rings. The number of nitrogens with one attached hydrogen (secondary N) is 1. The molecule has 1 rings (SSSR count). The van der Waals surface area contributed by atoms with Gasteiger partial charge in [0.05, 0.1) is 19.3 Å². The minimum Gasteiger partial charge on any atom is -0.481 e. The van der Waals surface area contributed by atoms with Crippen molar-refractivity contribution in [2.24, 2.45) is 10.9 Å². The summed E-state index contributed by atoms with van der Waals surface area (Å²) in [4.78, 5) is 4.44. The van der Waals surface area contributed by atoms with Crippen LogP contribution in [0.1, 0.15) is 58.8 Å². The van der Waals surface area contributed by atoms with E-state index < -0.39 is 6.10 Å². The molecule has 1 aliphatic carbocycles. The van der Waals surface area contributed by atoms with Crippen molar-refractivity contribution in [2.75, 3.05) is 13.2 Å². The Morgan fingerprint density at radius 2 is 2.13 bits per heavy atom. The Kier molecular flexibility index (Phi) is 10.3. The number of hydrogen-bond acceptors (Lipinski definition) is 4. The molecule has 0 aliphatic heterocycles. The van der Waals surface area contributed by atoms with Gasteiger partial charge in [0.1, 0.15) is 0 Å². The van der Waals surface area contributed by atoms with E-state index in [-0.39, 0.29) is 5.92 Å². The lowest BCUT2D eigenvalue weighted by Gasteiger charge is -2.16. The molecule has 0 fully saturated rings. The third-order valence-corrected chi connectivity index (χ3v) is 4.05. The molecule has 0 saturated heterocycles. The summed E-state index contributed by atoms with van der Waals surface area (Å²) in [5, 5.41) is 17.0. The van der Waals surface area contributed by atoms with Crippen molar-refractivity contribution in [3.8, 4) is 0 Å². The third kappa shape index (κ3) is 8.70. The van der Waals surface area contributed by atoms with Gasteiger partial charge in [-0.2, -0.15) is 0 Å². The average Bonchev–Trinajstić information content (AvgIpc) is 2.56. The number of nitrogens with zero attached hydrogens (tertiary/aromatic N) is 1. The molecule has 0 heterocycles. The highest BCUT2D eigenvalue weighted by atomic mass is 16.5. The first-order valence-electron chi connectivity index (χ1n) is 8.88. The molecule has 4 nitrogen and oxygen atoms in total. The van der Waals surface area contributed by atoms with Gasteiger partial charge in [0.25, 0.3) is 0 Å². The topological polar surface area (TPSA) is 65.7 Å². The summed E-state index contributed by atoms with van der Waals surface area (Å²) in [6.07, 6.45) is 14.8. The van der Waals surface area contributed by atoms with Crippen molar-refractivity contribution < 1.29 is 9.84 Å². The van der Waals surface area contributed by atoms with Gasteiger partial charge in [-0.3, -0.25) is 4.99 Å². The summed E-state index contributed by atoms with van der Waals surface area (Å²) < 4.78 is 5.65. The first-order valence-corrected chi connectivity index (χ1v) is 8.88. The summed E-state index contributed by atoms with van der Waals surface area (Å²) in [5.74, 6) is 0.664. The lowest BCUT2D eigenvalue weighted by molar-refractivity contribution is 0.225. The number of allylic oxidation sites excluding steroid dienone is 1. The van der Waals surface area contributed by atoms with Gasteiger partial charge < -0.3 is 15.3 Å². The summed E-state index contributed by atoms with van der Waals surface area (Å²) >= 11 is 0. The zero-order valence-corrected chi connectivity index (χ0v) is 14.6. The number of ether oxygens (including phenoxy) is 1. The minimum atomic E-state index is -0.393. The molecule has 0 saturated carbocycles. The Morgan fingerprint density at radius 3 is 2.78 bits per heavy atom. The van der Waals surface area contributed by atoms with Crippen LogP contribution < -0.4 is 0 Å². The summed E-state index contributed by atoms with van der Waals surface area (Å²) in [6.45, 7) is 5.36. The van der Waals surface area contributed by atoms with E-state index in [0.717, 1.165) is 18.6 Å². The summed E-state index contributed by atoms with van der Waals surface area (Å²) in [5.41, 5.74) is 1.05. The van der Waals surface area contributed by atoms with Gasteiger partial charge >= 0.3 is 0 Å². The molecular weight excluding hydrogens is 288 g/mol. The average molecular weight is 320 g/mol. The van der Waals surface area contributed by atoms with Gasteiger partial charge in [-0.1, -0.05) is 57.3 Å². The molecule has 23 heavy (non-hydrogen) atoms. The van der Waals surface area contributed by atoms with E-state index in [2.05, 4.69) is 11.9 Å². The zero-order valence-electron chi connectivity index (χ0n) is 14.6. The fourth-order valence-corrected chi connectivity index (χ4v) is 2.53. The monoisotopic (exact) mass is 320 g/mol. The highest BCUT2D eigenvalue weighted by Crippen LogP contribution is 2.18. The highest BCUT2D eigenvalue weighted by Gasteiger charge is 2.13. The van der Waals surface area contributed by atoms with Crippen molar-refractivity contribution in [3.63, 3.8) is 0 Å². The maximum absolute atomic E-state index is 9.45. The Bertz CT molecular complexity index is 427. The van der Waals surface area contributed by atoms with Crippen LogP contribution in [0.25, 0.3) is 0 Å². The van der Waals surface area contributed by atoms with Crippen LogP contribution in [-0.4, -0.2) is 36.5 Å². The van der Waals surface area contributed by atoms with Gasteiger partial charge in [0.2, 0.25) is 0 Å². The molecule has 0 aromatic heterocycles. The predicted octanol–water partition coefficient (Wildman–Crippen LogP) is 4.29. The van der Waals surface area contributed by atoms with Crippen LogP contribution in [0, 0.1) is 11.3 Å². The lowest BCUT2D eigenvalue weighted by atomic mass is 9.94. The molecular formula is C19H32N2O2. The van der Waals surface area contributed by atoms with Gasteiger partial charge in [-0.15, -0.1) is 0 Å². The first-order chi connectivity index (χ1) is 11.2. The smallest absolute Gasteiger partial charge is 0.179 e. The second-order valence-electron chi connectivity index (χ2n) is 6.12. The molecule has 0 amide bonds. The van der Waals surface area contributed by atoms with E-state index in [0.29, 0.717) is 18.9 Å². The van der Waals surface area contributed by atoms with Crippen molar-refractivity contribution in [3.05, 3.63) is 23.8 Å². The van der Waals surface area contributed by atoms with Crippen molar-refractivity contribution in [2.45, 2.75) is 64.9 Å². The van der Waals surface area contributed by atoms with E-state index in [1.54, 1.807) is 6.08 Å². The largest absolute Gasteiger partial charge is 0.481 e. The zero-order chi connectivity index (χ0) is 16.9. The van der Waals surface area contributed by atoms with Crippen LogP contribution in [0.5, 0.6) is 0 Å². The molecule has 1 aliphatic rings. The van der Waals surface area contributed by atoms with Crippen LogP contribution in [0.3, 0.4) is 0 Å². The van der Waals surface area contributed by atoms with Gasteiger partial charge in [-0.05, 0) is 18.4 Å². The van der Waals surface area contributed by atoms with Crippen LogP contribution in [0.2, 0.25) is 0 Å². The highest BCUT2D eigenvalue weighted by molar-refractivity contribution is 5.73. The second-order valence-corrected chi connectivity index (χ2v) is 6.12. The van der Waals surface area contributed by atoms with Crippen LogP contribution in [-0.2, 0) is 4.74 Å². The number of rotatable bonds is 11. The maximum atomic E-state index is 9.45. The molecule has 0 bridgehead atoms. The van der Waals surface area contributed by atoms with E-state index in [1.807, 2.05) is 19.1 Å². The normalized spacial score (nSPS) is 19.3. The quantitative estimate of drug-likeness (QED) is 0.339. The molecule has 0 spiro atoms. The molecule has 2 unspecified atom stereocenters. The molecule has 0 radical (unpaired) electrons. The third-order valence-electron chi connectivity index (χ3n) is 4.05. The SMILES string of the molecule is CCCCCCCCOC(C)=NCC(C=N)C1=CCC(O)C=C1. The Labute approximate surface area is 140 Å². The Morgan fingerprint density at radius 1 is 1.39 bits per heavy atom. The Hall–Kier alpha value is -1.42. The van der Waals surface area contributed by atoms with E-state index in [9.17, 15) is 5.11 Å². The van der Waals surface area contributed by atoms with Crippen LogP contribution in [0.4, 0.5) is 0 Å². The predicted molar refractivity (Wildman–Crippen MR) is 97.4 cm³/mol. The first kappa shape index (κ1) is 19.6. The molecule has 2 atom stereocenters. The maximum Gasteiger partial charge on any atom is 0.179 e. The standard InChI is InChI=1S/C19H32N2O2/c1-3-4-5-6-7-8-13-23-16(2)21-15-18(14-20)17-9-11-19(22)12-10-17/h9-11,14,18-20,22H,3-8,12-13,15H2,1-2H3. The molecule has 2 N–H and O–H groups in total. The number of aliphatic hydroxyl groups is 1. The number of unbranched alkanes of at least 4 members (excludes halogenated alkanes) is 5. The summed E-state index contributed by atoms with van der Waals surface area (Å²) in [7, 11) is 0. The molecule has 130 valence electrons. The fraction of sp³-hybridized carbons (Fsp3) is 0.684. The minimum absolute atomic E-state index is 0.0358. The number of aliphatic hydroxyl groups excluding tert-OH is 1. The lowest BCUT2D eigenvalue weighted by Crippen LogP contribution is -2.14. The number of aliphatic imine (C=N–C) groups is 1. The van der Waals surface area contributed by atoms with E-state index in [1.165, 1.54) is 38.3 Å². The second kappa shape index (κ2) is 12.1. The van der Waals surface area contributed by atoms with Crippen molar-refractivity contribution in [1.29, 1.82) is 5.41 Å². The van der Waals surface area contributed by atoms with Crippen molar-refractivity contribution in [1.82, 2.24) is 0 Å². The number of hydrogen-bond donors (Lipinski definition) is 2. The van der Waals surface area contributed by atoms with Crippen molar-refractivity contribution >= 4 is 12.1 Å². The van der Waals surface area contributed by atoms with Crippen LogP contribution >= 0.6 is 0 Å².